The quantitative estimate of drug-likeness (QED) is 0.708. The molecule has 0 aliphatic heterocycles. The molecular weight excluding hydrogens is 222 g/mol. The van der Waals surface area contributed by atoms with Crippen LogP contribution in [0.1, 0.15) is 66.2 Å². The Morgan fingerprint density at radius 1 is 1.11 bits per heavy atom. The van der Waals surface area contributed by atoms with Crippen LogP contribution in [-0.2, 0) is 4.74 Å². The maximum absolute atomic E-state index is 6.26. The third kappa shape index (κ3) is 4.89. The molecule has 1 fully saturated rings. The van der Waals surface area contributed by atoms with Crippen molar-refractivity contribution in [2.45, 2.75) is 78.4 Å². The Balaban J connectivity index is 2.44. The predicted molar refractivity (Wildman–Crippen MR) is 78.9 cm³/mol. The molecule has 18 heavy (non-hydrogen) atoms. The van der Waals surface area contributed by atoms with Crippen LogP contribution < -0.4 is 5.32 Å². The molecule has 1 aliphatic carbocycles. The molecule has 0 heterocycles. The molecule has 0 saturated heterocycles. The van der Waals surface area contributed by atoms with Gasteiger partial charge in [-0.15, -0.1) is 0 Å². The molecule has 0 aromatic carbocycles. The second-order valence-corrected chi connectivity index (χ2v) is 5.81. The fourth-order valence-electron chi connectivity index (χ4n) is 3.05. The Morgan fingerprint density at radius 3 is 2.39 bits per heavy atom. The van der Waals surface area contributed by atoms with Gasteiger partial charge in [0.2, 0.25) is 0 Å². The van der Waals surface area contributed by atoms with E-state index in [2.05, 4.69) is 33.0 Å². The summed E-state index contributed by atoms with van der Waals surface area (Å²) < 4.78 is 6.26. The van der Waals surface area contributed by atoms with Crippen molar-refractivity contribution in [1.82, 2.24) is 5.32 Å². The van der Waals surface area contributed by atoms with Crippen molar-refractivity contribution in [3.63, 3.8) is 0 Å². The zero-order valence-electron chi connectivity index (χ0n) is 12.9. The lowest BCUT2D eigenvalue weighted by Crippen LogP contribution is -2.46. The molecule has 2 nitrogen and oxygen atoms in total. The molecule has 2 heteroatoms. The van der Waals surface area contributed by atoms with Crippen LogP contribution >= 0.6 is 0 Å². The number of ether oxygens (including phenoxy) is 1. The Bertz CT molecular complexity index is 203. The van der Waals surface area contributed by atoms with Crippen LogP contribution in [0, 0.1) is 11.8 Å². The van der Waals surface area contributed by atoms with Crippen LogP contribution in [0.2, 0.25) is 0 Å². The van der Waals surface area contributed by atoms with Gasteiger partial charge in [0, 0.05) is 12.6 Å². The number of hydrogen-bond donors (Lipinski definition) is 1. The third-order valence-electron chi connectivity index (χ3n) is 4.64. The topological polar surface area (TPSA) is 21.3 Å². The summed E-state index contributed by atoms with van der Waals surface area (Å²) in [6.45, 7) is 11.1. The summed E-state index contributed by atoms with van der Waals surface area (Å²) >= 11 is 0. The Kier molecular flexibility index (Phi) is 7.92. The van der Waals surface area contributed by atoms with Gasteiger partial charge in [-0.2, -0.15) is 0 Å². The first-order valence-electron chi connectivity index (χ1n) is 8.09. The van der Waals surface area contributed by atoms with Crippen LogP contribution in [0.4, 0.5) is 0 Å². The molecule has 1 aliphatic rings. The number of likely N-dealkylation sites (N-methyl/N-ethyl adjacent to an activating group) is 1. The van der Waals surface area contributed by atoms with E-state index in [1.54, 1.807) is 0 Å². The van der Waals surface area contributed by atoms with Gasteiger partial charge in [0.05, 0.1) is 6.10 Å². The second kappa shape index (κ2) is 8.92. The molecule has 3 unspecified atom stereocenters. The summed E-state index contributed by atoms with van der Waals surface area (Å²) in [5, 5.41) is 3.61. The van der Waals surface area contributed by atoms with E-state index in [1.165, 1.54) is 38.5 Å². The summed E-state index contributed by atoms with van der Waals surface area (Å²) in [4.78, 5) is 0. The van der Waals surface area contributed by atoms with Gasteiger partial charge in [-0.1, -0.05) is 47.0 Å². The van der Waals surface area contributed by atoms with Crippen LogP contribution in [0.5, 0.6) is 0 Å². The first-order chi connectivity index (χ1) is 8.74. The highest BCUT2D eigenvalue weighted by Crippen LogP contribution is 2.29. The van der Waals surface area contributed by atoms with Gasteiger partial charge in [0.25, 0.3) is 0 Å². The number of rotatable bonds is 8. The number of nitrogens with one attached hydrogen (secondary N) is 1. The SMILES string of the molecule is CCNC1CCC(CC)CC1OCC(CC)CC. The van der Waals surface area contributed by atoms with Crippen molar-refractivity contribution in [3.8, 4) is 0 Å². The summed E-state index contributed by atoms with van der Waals surface area (Å²) in [5.41, 5.74) is 0. The van der Waals surface area contributed by atoms with E-state index in [0.717, 1.165) is 25.0 Å². The van der Waals surface area contributed by atoms with Gasteiger partial charge in [-0.05, 0) is 37.6 Å². The molecule has 1 N–H and O–H groups in total. The van der Waals surface area contributed by atoms with Crippen LogP contribution in [0.3, 0.4) is 0 Å². The fourth-order valence-corrected chi connectivity index (χ4v) is 3.05. The third-order valence-corrected chi connectivity index (χ3v) is 4.64. The van der Waals surface area contributed by atoms with E-state index in [1.807, 2.05) is 0 Å². The van der Waals surface area contributed by atoms with Gasteiger partial charge in [0.15, 0.2) is 0 Å². The first kappa shape index (κ1) is 16.0. The first-order valence-corrected chi connectivity index (χ1v) is 8.09. The van der Waals surface area contributed by atoms with E-state index in [9.17, 15) is 0 Å². The minimum absolute atomic E-state index is 0.448. The minimum Gasteiger partial charge on any atom is -0.376 e. The van der Waals surface area contributed by atoms with Crippen molar-refractivity contribution < 1.29 is 4.74 Å². The fraction of sp³-hybridized carbons (Fsp3) is 1.00. The molecule has 0 spiro atoms. The van der Waals surface area contributed by atoms with Gasteiger partial charge >= 0.3 is 0 Å². The summed E-state index contributed by atoms with van der Waals surface area (Å²) in [6, 6.07) is 0.590. The highest BCUT2D eigenvalue weighted by Gasteiger charge is 2.30. The van der Waals surface area contributed by atoms with Gasteiger partial charge in [0.1, 0.15) is 0 Å². The summed E-state index contributed by atoms with van der Waals surface area (Å²) in [7, 11) is 0. The largest absolute Gasteiger partial charge is 0.376 e. The zero-order chi connectivity index (χ0) is 13.4. The van der Waals surface area contributed by atoms with E-state index in [4.69, 9.17) is 4.74 Å². The van der Waals surface area contributed by atoms with Crippen LogP contribution in [0.25, 0.3) is 0 Å². The molecule has 0 aromatic heterocycles. The van der Waals surface area contributed by atoms with Crippen molar-refractivity contribution >= 4 is 0 Å². The maximum atomic E-state index is 6.26. The monoisotopic (exact) mass is 255 g/mol. The predicted octanol–water partition coefficient (Wildman–Crippen LogP) is 4.00. The van der Waals surface area contributed by atoms with Crippen molar-refractivity contribution in [2.24, 2.45) is 11.8 Å². The van der Waals surface area contributed by atoms with E-state index in [0.29, 0.717) is 12.1 Å². The lowest BCUT2D eigenvalue weighted by atomic mass is 9.82. The molecule has 108 valence electrons. The zero-order valence-corrected chi connectivity index (χ0v) is 12.9. The highest BCUT2D eigenvalue weighted by molar-refractivity contribution is 4.85. The molecule has 1 rings (SSSR count). The normalized spacial score (nSPS) is 28.8. The molecule has 0 radical (unpaired) electrons. The van der Waals surface area contributed by atoms with Gasteiger partial charge in [-0.25, -0.2) is 0 Å². The molecule has 0 bridgehead atoms. The van der Waals surface area contributed by atoms with Crippen molar-refractivity contribution in [1.29, 1.82) is 0 Å². The average molecular weight is 255 g/mol. The van der Waals surface area contributed by atoms with Crippen LogP contribution in [0.15, 0.2) is 0 Å². The number of hydrogen-bond acceptors (Lipinski definition) is 2. The minimum atomic E-state index is 0.448. The molecule has 1 saturated carbocycles. The summed E-state index contributed by atoms with van der Waals surface area (Å²) in [5.74, 6) is 1.63. The van der Waals surface area contributed by atoms with Crippen molar-refractivity contribution in [2.75, 3.05) is 13.2 Å². The highest BCUT2D eigenvalue weighted by atomic mass is 16.5. The smallest absolute Gasteiger partial charge is 0.0730 e. The molecular formula is C16H33NO. The average Bonchev–Trinajstić information content (AvgIpc) is 2.41. The lowest BCUT2D eigenvalue weighted by Gasteiger charge is -2.37. The molecule has 3 atom stereocenters. The summed E-state index contributed by atoms with van der Waals surface area (Å²) in [6.07, 6.45) is 8.17. The van der Waals surface area contributed by atoms with E-state index in [-0.39, 0.29) is 0 Å². The Labute approximate surface area is 114 Å². The van der Waals surface area contributed by atoms with Crippen molar-refractivity contribution in [3.05, 3.63) is 0 Å². The maximum Gasteiger partial charge on any atom is 0.0730 e. The Morgan fingerprint density at radius 2 is 1.83 bits per heavy atom. The van der Waals surface area contributed by atoms with Crippen LogP contribution in [-0.4, -0.2) is 25.3 Å². The van der Waals surface area contributed by atoms with Gasteiger partial charge in [-0.3, -0.25) is 0 Å². The van der Waals surface area contributed by atoms with E-state index < -0.39 is 0 Å². The second-order valence-electron chi connectivity index (χ2n) is 5.81. The molecule has 0 aromatic rings. The van der Waals surface area contributed by atoms with E-state index >= 15 is 0 Å². The standard InChI is InChI=1S/C16H33NO/c1-5-13(6-2)12-18-16-11-14(7-3)9-10-15(16)17-8-4/h13-17H,5-12H2,1-4H3. The lowest BCUT2D eigenvalue weighted by molar-refractivity contribution is -0.0266. The molecule has 0 amide bonds. The van der Waals surface area contributed by atoms with Gasteiger partial charge < -0.3 is 10.1 Å². The Hall–Kier alpha value is -0.0800.